The molecule has 0 saturated carbocycles. The van der Waals surface area contributed by atoms with Crippen LogP contribution in [0.3, 0.4) is 0 Å². The Hall–Kier alpha value is -0.600. The van der Waals surface area contributed by atoms with E-state index in [2.05, 4.69) is 0 Å². The Kier molecular flexibility index (Phi) is 1.98. The predicted molar refractivity (Wildman–Crippen MR) is 50.9 cm³/mol. The third-order valence-electron chi connectivity index (χ3n) is 2.11. The molecule has 2 nitrogen and oxygen atoms in total. The van der Waals surface area contributed by atoms with Crippen LogP contribution < -0.4 is 11.5 Å². The lowest BCUT2D eigenvalue weighted by Gasteiger charge is -2.44. The highest BCUT2D eigenvalue weighted by Crippen LogP contribution is 3.02. The summed E-state index contributed by atoms with van der Waals surface area (Å²) in [5.74, 6) is 0. The van der Waals surface area contributed by atoms with Crippen LogP contribution in [0, 0.1) is 0 Å². The molecule has 1 rings (SSSR count). The summed E-state index contributed by atoms with van der Waals surface area (Å²) >= 11 is 0. The molecule has 1 aliphatic rings. The van der Waals surface area contributed by atoms with Gasteiger partial charge in [0.05, 0.1) is 5.54 Å². The van der Waals surface area contributed by atoms with Gasteiger partial charge in [0.15, 0.2) is 0 Å². The fourth-order valence-electron chi connectivity index (χ4n) is 1.04. The van der Waals surface area contributed by atoms with Crippen LogP contribution in [-0.2, 0) is 0 Å². The summed E-state index contributed by atoms with van der Waals surface area (Å²) < 4.78 is 61.6. The number of hydrogen-bond acceptors (Lipinski definition) is 2. The van der Waals surface area contributed by atoms with Crippen molar-refractivity contribution in [1.29, 1.82) is 0 Å². The van der Waals surface area contributed by atoms with Crippen molar-refractivity contribution in [2.75, 3.05) is 0 Å². The van der Waals surface area contributed by atoms with Crippen LogP contribution in [0.5, 0.6) is 0 Å². The molecule has 15 heavy (non-hydrogen) atoms. The average molecular weight is 250 g/mol. The summed E-state index contributed by atoms with van der Waals surface area (Å²) in [5, 5.41) is 0. The van der Waals surface area contributed by atoms with Gasteiger partial charge in [0.1, 0.15) is 4.91 Å². The van der Waals surface area contributed by atoms with Gasteiger partial charge in [-0.15, -0.1) is 0 Å². The smallest absolute Gasteiger partial charge is 0.310 e. The van der Waals surface area contributed by atoms with Gasteiger partial charge in [-0.25, -0.2) is 0 Å². The highest BCUT2D eigenvalue weighted by atomic mass is 32.5. The molecule has 0 spiro atoms. The highest BCUT2D eigenvalue weighted by molar-refractivity contribution is 8.48. The highest BCUT2D eigenvalue weighted by Gasteiger charge is 2.66. The Morgan fingerprint density at radius 1 is 1.27 bits per heavy atom. The van der Waals surface area contributed by atoms with E-state index >= 15 is 0 Å². The molecular weight excluding hydrogens is 239 g/mol. The molecule has 1 aliphatic carbocycles. The van der Waals surface area contributed by atoms with Gasteiger partial charge in [0.2, 0.25) is 0 Å². The first-order valence-electron chi connectivity index (χ1n) is 3.92. The van der Waals surface area contributed by atoms with E-state index in [1.807, 2.05) is 0 Å². The SMILES string of the molecule is CC1(N)C=CC(S(F)(F)(F)(F)F)=CC1N. The molecule has 0 saturated heterocycles. The van der Waals surface area contributed by atoms with Crippen molar-refractivity contribution in [3.63, 3.8) is 0 Å². The van der Waals surface area contributed by atoms with Crippen molar-refractivity contribution in [2.45, 2.75) is 18.5 Å². The van der Waals surface area contributed by atoms with Gasteiger partial charge < -0.3 is 11.5 Å². The maximum absolute atomic E-state index is 12.3. The summed E-state index contributed by atoms with van der Waals surface area (Å²) in [6.45, 7) is 1.35. The maximum atomic E-state index is 12.3. The normalized spacial score (nSPS) is 36.8. The topological polar surface area (TPSA) is 52.0 Å². The van der Waals surface area contributed by atoms with Crippen molar-refractivity contribution < 1.29 is 19.4 Å². The molecule has 0 heterocycles. The fraction of sp³-hybridized carbons (Fsp3) is 0.429. The molecule has 0 fully saturated rings. The van der Waals surface area contributed by atoms with Crippen molar-refractivity contribution in [3.05, 3.63) is 23.1 Å². The van der Waals surface area contributed by atoms with Gasteiger partial charge in [0, 0.05) is 6.04 Å². The second kappa shape index (κ2) is 2.38. The zero-order valence-electron chi connectivity index (χ0n) is 7.76. The van der Waals surface area contributed by atoms with Crippen molar-refractivity contribution >= 4 is 10.2 Å². The van der Waals surface area contributed by atoms with E-state index < -0.39 is 26.7 Å². The monoisotopic (exact) mass is 250 g/mol. The Labute approximate surface area is 83.5 Å². The maximum Gasteiger partial charge on any atom is 0.310 e. The molecule has 0 aromatic carbocycles. The molecule has 2 unspecified atom stereocenters. The second-order valence-corrected chi connectivity index (χ2v) is 6.17. The number of allylic oxidation sites excluding steroid dienone is 1. The predicted octanol–water partition coefficient (Wildman–Crippen LogP) is 2.78. The van der Waals surface area contributed by atoms with Gasteiger partial charge in [-0.2, -0.15) is 0 Å². The summed E-state index contributed by atoms with van der Waals surface area (Å²) in [4.78, 5) is -1.98. The lowest BCUT2D eigenvalue weighted by molar-refractivity contribution is 0.378. The molecule has 8 heteroatoms. The summed E-state index contributed by atoms with van der Waals surface area (Å²) in [7, 11) is -9.62. The Morgan fingerprint density at radius 3 is 2.07 bits per heavy atom. The van der Waals surface area contributed by atoms with Gasteiger partial charge in [-0.1, -0.05) is 25.5 Å². The number of nitrogens with two attached hydrogens (primary N) is 2. The molecule has 0 aliphatic heterocycles. The van der Waals surface area contributed by atoms with E-state index in [-0.39, 0.29) is 12.2 Å². The van der Waals surface area contributed by atoms with Crippen LogP contribution in [0.2, 0.25) is 0 Å². The largest absolute Gasteiger partial charge is 0.323 e. The minimum atomic E-state index is -9.62. The first kappa shape index (κ1) is 12.5. The number of rotatable bonds is 1. The molecule has 90 valence electrons. The third kappa shape index (κ3) is 2.70. The Bertz CT molecular complexity index is 352. The molecule has 2 atom stereocenters. The first-order valence-corrected chi connectivity index (χ1v) is 5.87. The molecular formula is C7H11F5N2S. The lowest BCUT2D eigenvalue weighted by Crippen LogP contribution is -2.51. The van der Waals surface area contributed by atoms with E-state index in [0.29, 0.717) is 0 Å². The van der Waals surface area contributed by atoms with Gasteiger partial charge >= 0.3 is 10.2 Å². The summed E-state index contributed by atoms with van der Waals surface area (Å²) in [6, 6.07) is -1.29. The summed E-state index contributed by atoms with van der Waals surface area (Å²) in [5.41, 5.74) is 9.46. The zero-order valence-corrected chi connectivity index (χ0v) is 8.58. The van der Waals surface area contributed by atoms with Crippen LogP contribution in [0.1, 0.15) is 6.92 Å². The Morgan fingerprint density at radius 2 is 1.73 bits per heavy atom. The molecule has 0 aromatic rings. The zero-order chi connectivity index (χ0) is 12.2. The van der Waals surface area contributed by atoms with E-state index in [0.717, 1.165) is 6.08 Å². The minimum absolute atomic E-state index is 0.265. The van der Waals surface area contributed by atoms with Gasteiger partial charge in [-0.05, 0) is 19.1 Å². The van der Waals surface area contributed by atoms with E-state index in [1.54, 1.807) is 0 Å². The van der Waals surface area contributed by atoms with E-state index in [4.69, 9.17) is 11.5 Å². The van der Waals surface area contributed by atoms with E-state index in [9.17, 15) is 19.4 Å². The van der Waals surface area contributed by atoms with Gasteiger partial charge in [-0.3, -0.25) is 0 Å². The van der Waals surface area contributed by atoms with Crippen LogP contribution >= 0.6 is 10.2 Å². The van der Waals surface area contributed by atoms with Crippen molar-refractivity contribution in [3.8, 4) is 0 Å². The molecule has 0 aromatic heterocycles. The number of halogens is 5. The molecule has 0 amide bonds. The molecule has 0 bridgehead atoms. The Balaban J connectivity index is 3.23. The second-order valence-electron chi connectivity index (χ2n) is 3.76. The van der Waals surface area contributed by atoms with Crippen LogP contribution in [0.4, 0.5) is 19.4 Å². The van der Waals surface area contributed by atoms with Crippen molar-refractivity contribution in [2.24, 2.45) is 11.5 Å². The lowest BCUT2D eigenvalue weighted by atomic mass is 9.90. The minimum Gasteiger partial charge on any atom is -0.323 e. The van der Waals surface area contributed by atoms with Crippen LogP contribution in [-0.4, -0.2) is 11.6 Å². The van der Waals surface area contributed by atoms with E-state index in [1.165, 1.54) is 6.92 Å². The summed E-state index contributed by atoms with van der Waals surface area (Å²) in [6.07, 6.45) is 1.39. The molecule has 0 radical (unpaired) electrons. The number of hydrogen-bond donors (Lipinski definition) is 2. The fourth-order valence-corrected chi connectivity index (χ4v) is 1.77. The standard InChI is InChI=1S/C7H11F5N2S/c1-7(14)3-2-5(4-6(7)13)15(8,9,10,11)12/h2-4,6H,13-14H2,1H3. The third-order valence-corrected chi connectivity index (χ3v) is 3.28. The van der Waals surface area contributed by atoms with Crippen molar-refractivity contribution in [1.82, 2.24) is 0 Å². The first-order chi connectivity index (χ1) is 6.22. The van der Waals surface area contributed by atoms with Gasteiger partial charge in [0.25, 0.3) is 0 Å². The molecule has 4 N–H and O–H groups in total. The quantitative estimate of drug-likeness (QED) is 0.703. The van der Waals surface area contributed by atoms with Crippen LogP contribution in [0.25, 0.3) is 0 Å². The average Bonchev–Trinajstić information content (AvgIpc) is 1.89. The van der Waals surface area contributed by atoms with Crippen LogP contribution in [0.15, 0.2) is 23.1 Å².